The molecule has 7 nitrogen and oxygen atoms in total. The number of nitrogens with one attached hydrogen (secondary N) is 1. The number of rotatable bonds is 8. The van der Waals surface area contributed by atoms with Gasteiger partial charge < -0.3 is 10.4 Å². The van der Waals surface area contributed by atoms with Crippen LogP contribution in [0.15, 0.2) is 36.5 Å². The Morgan fingerprint density at radius 2 is 1.83 bits per heavy atom. The van der Waals surface area contributed by atoms with Crippen molar-refractivity contribution in [3.05, 3.63) is 42.2 Å². The van der Waals surface area contributed by atoms with Crippen LogP contribution in [-0.2, 0) is 15.1 Å². The number of benzene rings is 1. The Bertz CT molecular complexity index is 695. The van der Waals surface area contributed by atoms with Crippen molar-refractivity contribution in [3.63, 3.8) is 0 Å². The number of carboxylic acids is 1. The highest BCUT2D eigenvalue weighted by Gasteiger charge is 2.26. The molecule has 0 aliphatic rings. The number of nitrogens with zero attached hydrogens (tertiary/aromatic N) is 3. The van der Waals surface area contributed by atoms with Crippen molar-refractivity contribution in [2.75, 3.05) is 0 Å². The first kappa shape index (κ1) is 17.7. The van der Waals surface area contributed by atoms with E-state index >= 15 is 0 Å². The molecule has 1 aromatic heterocycles. The second kappa shape index (κ2) is 7.72. The Morgan fingerprint density at radius 3 is 2.50 bits per heavy atom. The van der Waals surface area contributed by atoms with Gasteiger partial charge in [0, 0.05) is 12.8 Å². The molecule has 0 fully saturated rings. The Kier molecular flexibility index (Phi) is 5.68. The van der Waals surface area contributed by atoms with Crippen molar-refractivity contribution in [2.24, 2.45) is 0 Å². The van der Waals surface area contributed by atoms with Crippen LogP contribution in [0.2, 0.25) is 0 Å². The molecule has 2 aromatic rings. The minimum atomic E-state index is -0.840. The number of carbonyl (C=O) groups excluding carboxylic acids is 1. The van der Waals surface area contributed by atoms with Crippen molar-refractivity contribution in [1.29, 1.82) is 0 Å². The lowest BCUT2D eigenvalue weighted by Gasteiger charge is -2.23. The summed E-state index contributed by atoms with van der Waals surface area (Å²) in [6.07, 6.45) is 3.21. The number of hydrogen-bond donors (Lipinski definition) is 2. The van der Waals surface area contributed by atoms with Gasteiger partial charge in [-0.05, 0) is 38.8 Å². The second-order valence-electron chi connectivity index (χ2n) is 6.16. The molecule has 128 valence electrons. The first-order valence-electron chi connectivity index (χ1n) is 7.89. The Hall–Kier alpha value is -2.70. The highest BCUT2D eigenvalue weighted by atomic mass is 16.4. The normalized spacial score (nSPS) is 11.2. The third kappa shape index (κ3) is 4.91. The first-order valence-corrected chi connectivity index (χ1v) is 7.89. The average Bonchev–Trinajstić information content (AvgIpc) is 3.03. The number of carbonyl (C=O) groups is 2. The lowest BCUT2D eigenvalue weighted by Crippen LogP contribution is -2.41. The molecule has 0 aliphatic heterocycles. The predicted molar refractivity (Wildman–Crippen MR) is 88.6 cm³/mol. The number of carboxylic acid groups (broad SMARTS) is 1. The predicted octanol–water partition coefficient (Wildman–Crippen LogP) is 2.26. The molecule has 1 heterocycles. The minimum absolute atomic E-state index is 0.0854. The van der Waals surface area contributed by atoms with Crippen LogP contribution in [0.1, 0.15) is 45.2 Å². The van der Waals surface area contributed by atoms with Gasteiger partial charge in [-0.25, -0.2) is 4.68 Å². The smallest absolute Gasteiger partial charge is 0.303 e. The van der Waals surface area contributed by atoms with E-state index in [0.717, 1.165) is 5.69 Å². The molecule has 0 radical (unpaired) electrons. The zero-order chi connectivity index (χ0) is 17.6. The SMILES string of the molecule is CC(C)(NC(=O)CCCCC(=O)O)c1cn(-c2ccccc2)nn1. The van der Waals surface area contributed by atoms with E-state index in [-0.39, 0.29) is 12.3 Å². The van der Waals surface area contributed by atoms with Crippen molar-refractivity contribution in [2.45, 2.75) is 45.1 Å². The Labute approximate surface area is 140 Å². The third-order valence-corrected chi connectivity index (χ3v) is 3.65. The molecule has 2 N–H and O–H groups in total. The second-order valence-corrected chi connectivity index (χ2v) is 6.16. The molecule has 1 aromatic carbocycles. The maximum Gasteiger partial charge on any atom is 0.303 e. The van der Waals surface area contributed by atoms with Gasteiger partial charge in [0.1, 0.15) is 5.69 Å². The maximum atomic E-state index is 12.0. The van der Waals surface area contributed by atoms with Crippen LogP contribution < -0.4 is 5.32 Å². The summed E-state index contributed by atoms with van der Waals surface area (Å²) in [5.74, 6) is -0.965. The van der Waals surface area contributed by atoms with E-state index in [1.807, 2.05) is 44.2 Å². The third-order valence-electron chi connectivity index (χ3n) is 3.65. The van der Waals surface area contributed by atoms with Gasteiger partial charge in [-0.15, -0.1) is 5.10 Å². The van der Waals surface area contributed by atoms with Crippen molar-refractivity contribution >= 4 is 11.9 Å². The number of aliphatic carboxylic acids is 1. The van der Waals surface area contributed by atoms with Crippen LogP contribution >= 0.6 is 0 Å². The van der Waals surface area contributed by atoms with Crippen LogP contribution in [-0.4, -0.2) is 32.0 Å². The van der Waals surface area contributed by atoms with Crippen molar-refractivity contribution in [1.82, 2.24) is 20.3 Å². The fraction of sp³-hybridized carbons (Fsp3) is 0.412. The number of amides is 1. The standard InChI is InChI=1S/C17H22N4O3/c1-17(2,18-15(22)10-6-7-11-16(23)24)14-12-21(20-19-14)13-8-4-3-5-9-13/h3-5,8-9,12H,6-7,10-11H2,1-2H3,(H,18,22)(H,23,24). The molecule has 0 saturated heterocycles. The van der Waals surface area contributed by atoms with Gasteiger partial charge >= 0.3 is 5.97 Å². The molecule has 0 aliphatic carbocycles. The summed E-state index contributed by atoms with van der Waals surface area (Å²) in [7, 11) is 0. The molecule has 1 amide bonds. The van der Waals surface area contributed by atoms with E-state index in [1.54, 1.807) is 10.9 Å². The van der Waals surface area contributed by atoms with Gasteiger partial charge in [0.2, 0.25) is 5.91 Å². The summed E-state index contributed by atoms with van der Waals surface area (Å²) < 4.78 is 1.66. The van der Waals surface area contributed by atoms with Gasteiger partial charge in [-0.3, -0.25) is 9.59 Å². The number of para-hydroxylation sites is 1. The largest absolute Gasteiger partial charge is 0.481 e. The lowest BCUT2D eigenvalue weighted by molar-refractivity contribution is -0.137. The quantitative estimate of drug-likeness (QED) is 0.724. The zero-order valence-electron chi connectivity index (χ0n) is 13.9. The van der Waals surface area contributed by atoms with Crippen LogP contribution in [0.25, 0.3) is 5.69 Å². The van der Waals surface area contributed by atoms with E-state index in [1.165, 1.54) is 0 Å². The summed E-state index contributed by atoms with van der Waals surface area (Å²) in [5, 5.41) is 19.8. The monoisotopic (exact) mass is 330 g/mol. The first-order chi connectivity index (χ1) is 11.4. The van der Waals surface area contributed by atoms with Crippen LogP contribution in [0, 0.1) is 0 Å². The fourth-order valence-electron chi connectivity index (χ4n) is 2.29. The summed E-state index contributed by atoms with van der Waals surface area (Å²) in [4.78, 5) is 22.5. The number of aromatic nitrogens is 3. The molecule has 2 rings (SSSR count). The summed E-state index contributed by atoms with van der Waals surface area (Å²) in [6, 6.07) is 9.61. The van der Waals surface area contributed by atoms with E-state index in [4.69, 9.17) is 5.11 Å². The lowest BCUT2D eigenvalue weighted by atomic mass is 10.0. The highest BCUT2D eigenvalue weighted by molar-refractivity contribution is 5.76. The Balaban J connectivity index is 1.94. The van der Waals surface area contributed by atoms with E-state index in [2.05, 4.69) is 15.6 Å². The van der Waals surface area contributed by atoms with Gasteiger partial charge in [0.25, 0.3) is 0 Å². The van der Waals surface area contributed by atoms with Crippen LogP contribution in [0.4, 0.5) is 0 Å². The Morgan fingerprint density at radius 1 is 1.17 bits per heavy atom. The molecule has 7 heteroatoms. The zero-order valence-corrected chi connectivity index (χ0v) is 13.9. The molecule has 0 atom stereocenters. The van der Waals surface area contributed by atoms with Gasteiger partial charge in [0.15, 0.2) is 0 Å². The van der Waals surface area contributed by atoms with E-state index in [0.29, 0.717) is 25.0 Å². The van der Waals surface area contributed by atoms with Gasteiger partial charge in [0.05, 0.1) is 17.4 Å². The molecule has 0 spiro atoms. The molecule has 0 unspecified atom stereocenters. The molecule has 0 saturated carbocycles. The molecular weight excluding hydrogens is 308 g/mol. The van der Waals surface area contributed by atoms with Crippen molar-refractivity contribution in [3.8, 4) is 5.69 Å². The molecular formula is C17H22N4O3. The maximum absolute atomic E-state index is 12.0. The highest BCUT2D eigenvalue weighted by Crippen LogP contribution is 2.19. The van der Waals surface area contributed by atoms with Crippen molar-refractivity contribution < 1.29 is 14.7 Å². The van der Waals surface area contributed by atoms with Gasteiger partial charge in [-0.1, -0.05) is 23.4 Å². The minimum Gasteiger partial charge on any atom is -0.481 e. The molecule has 24 heavy (non-hydrogen) atoms. The summed E-state index contributed by atoms with van der Waals surface area (Å²) in [6.45, 7) is 3.73. The van der Waals surface area contributed by atoms with E-state index in [9.17, 15) is 9.59 Å². The van der Waals surface area contributed by atoms with Crippen LogP contribution in [0.3, 0.4) is 0 Å². The average molecular weight is 330 g/mol. The summed E-state index contributed by atoms with van der Waals surface area (Å²) >= 11 is 0. The fourth-order valence-corrected chi connectivity index (χ4v) is 2.29. The number of unbranched alkanes of at least 4 members (excludes halogenated alkanes) is 1. The van der Waals surface area contributed by atoms with Crippen LogP contribution in [0.5, 0.6) is 0 Å². The van der Waals surface area contributed by atoms with Gasteiger partial charge in [-0.2, -0.15) is 0 Å². The topological polar surface area (TPSA) is 97.1 Å². The summed E-state index contributed by atoms with van der Waals surface area (Å²) in [5.41, 5.74) is 0.897. The van der Waals surface area contributed by atoms with E-state index < -0.39 is 11.5 Å². The molecule has 0 bridgehead atoms. The number of hydrogen-bond acceptors (Lipinski definition) is 4.